The highest BCUT2D eigenvalue weighted by Gasteiger charge is 2.23. The minimum absolute atomic E-state index is 0.0426. The predicted molar refractivity (Wildman–Crippen MR) is 238 cm³/mol. The van der Waals surface area contributed by atoms with Gasteiger partial charge in [-0.05, 0) is 63.2 Å². The summed E-state index contributed by atoms with van der Waals surface area (Å²) >= 11 is 0. The number of hydrogen-bond donors (Lipinski definition) is 0. The Labute approximate surface area is 332 Å². The minimum Gasteiger partial charge on any atom is -0.455 e. The number of para-hydroxylation sites is 1. The molecule has 7 aromatic carbocycles. The van der Waals surface area contributed by atoms with E-state index in [1.54, 1.807) is 0 Å². The topological polar surface area (TPSA) is 51.8 Å². The smallest absolute Gasteiger partial charge is 0.164 e. The summed E-state index contributed by atoms with van der Waals surface area (Å²) in [6.45, 7) is 4.49. The highest BCUT2D eigenvalue weighted by molar-refractivity contribution is 6.16. The molecule has 0 fully saturated rings. The van der Waals surface area contributed by atoms with E-state index in [2.05, 4.69) is 178 Å². The van der Waals surface area contributed by atoms with Crippen LogP contribution in [0.3, 0.4) is 0 Å². The summed E-state index contributed by atoms with van der Waals surface area (Å²) in [5.41, 5.74) is 8.96. The Morgan fingerprint density at radius 2 is 1.26 bits per heavy atom. The van der Waals surface area contributed by atoms with Gasteiger partial charge < -0.3 is 4.42 Å². The van der Waals surface area contributed by atoms with Crippen LogP contribution < -0.4 is 0 Å². The third-order valence-corrected chi connectivity index (χ3v) is 11.3. The van der Waals surface area contributed by atoms with Crippen LogP contribution >= 0.6 is 0 Å². The first-order valence-electron chi connectivity index (χ1n) is 19.9. The van der Waals surface area contributed by atoms with Crippen molar-refractivity contribution in [2.75, 3.05) is 0 Å². The zero-order valence-corrected chi connectivity index (χ0v) is 32.1. The Kier molecular flexibility index (Phi) is 8.68. The van der Waals surface area contributed by atoms with Crippen molar-refractivity contribution in [1.82, 2.24) is 15.0 Å². The normalized spacial score (nSPS) is 15.6. The fraction of sp³-hybridized carbons (Fsp3) is 0.113. The van der Waals surface area contributed by atoms with Gasteiger partial charge in [0.1, 0.15) is 11.2 Å². The van der Waals surface area contributed by atoms with Crippen molar-refractivity contribution in [3.05, 3.63) is 182 Å². The number of aromatic nitrogens is 3. The number of allylic oxidation sites excluding steroid dienone is 6. The first-order chi connectivity index (χ1) is 28.0. The third-order valence-electron chi connectivity index (χ3n) is 11.3. The number of unbranched alkanes of at least 4 members (excludes halogenated alkanes) is 1. The molecule has 0 bridgehead atoms. The molecule has 1 atom stereocenters. The minimum atomic E-state index is -0.0426. The Morgan fingerprint density at radius 3 is 2.11 bits per heavy atom. The van der Waals surface area contributed by atoms with Crippen LogP contribution in [0.25, 0.3) is 94.1 Å². The second kappa shape index (κ2) is 14.3. The molecule has 2 heterocycles. The zero-order valence-electron chi connectivity index (χ0n) is 32.1. The van der Waals surface area contributed by atoms with Crippen LogP contribution in [0.5, 0.6) is 0 Å². The number of benzene rings is 7. The number of hydrogen-bond acceptors (Lipinski definition) is 4. The van der Waals surface area contributed by atoms with Gasteiger partial charge in [-0.3, -0.25) is 0 Å². The molecule has 0 N–H and O–H groups in total. The quantitative estimate of drug-likeness (QED) is 0.146. The standard InChI is InChI=1S/C53H41N3O/c1-3-4-9-31-53(2)32-29-39(30-33-53)51-54-50(38-26-23-36(24-27-38)41-28-25-35-13-5-6-15-40(35)34-41)55-52(56-51)46-21-12-22-47-48(46)45-20-11-19-44(49(45)57-47)43-18-10-16-37-14-7-8-17-42(37)43/h5-32,34H,3-4,33H2,1-2H3/b31-9-. The number of furan rings is 1. The molecular formula is C53H41N3O. The summed E-state index contributed by atoms with van der Waals surface area (Å²) in [6.07, 6.45) is 14.5. The first-order valence-corrected chi connectivity index (χ1v) is 19.9. The number of rotatable bonds is 8. The maximum Gasteiger partial charge on any atom is 0.164 e. The van der Waals surface area contributed by atoms with Gasteiger partial charge in [0.25, 0.3) is 0 Å². The Bertz CT molecular complexity index is 3070. The van der Waals surface area contributed by atoms with Gasteiger partial charge in [-0.1, -0.05) is 184 Å². The summed E-state index contributed by atoms with van der Waals surface area (Å²) < 4.78 is 6.76. The molecule has 57 heavy (non-hydrogen) atoms. The van der Waals surface area contributed by atoms with E-state index in [0.29, 0.717) is 17.5 Å². The highest BCUT2D eigenvalue weighted by atomic mass is 16.3. The van der Waals surface area contributed by atoms with Crippen molar-refractivity contribution >= 4 is 49.1 Å². The van der Waals surface area contributed by atoms with E-state index in [1.807, 2.05) is 12.1 Å². The SMILES string of the molecule is CCC/C=C\C1(C)C=CC(c2nc(-c3ccc(-c4ccc5ccccc5c4)cc3)nc(-c3cccc4oc5c(-c6cccc7ccccc67)cccc5c34)n2)=CC1. The molecule has 4 nitrogen and oxygen atoms in total. The van der Waals surface area contributed by atoms with Gasteiger partial charge in [0, 0.05) is 38.5 Å². The predicted octanol–water partition coefficient (Wildman–Crippen LogP) is 14.5. The second-order valence-corrected chi connectivity index (χ2v) is 15.3. The van der Waals surface area contributed by atoms with Gasteiger partial charge in [0.05, 0.1) is 0 Å². The molecule has 274 valence electrons. The lowest BCUT2D eigenvalue weighted by Crippen LogP contribution is -2.12. The molecule has 9 aromatic rings. The summed E-state index contributed by atoms with van der Waals surface area (Å²) in [4.78, 5) is 15.6. The van der Waals surface area contributed by atoms with Crippen LogP contribution in [0.1, 0.15) is 38.9 Å². The van der Waals surface area contributed by atoms with Crippen molar-refractivity contribution in [3.63, 3.8) is 0 Å². The Balaban J connectivity index is 1.11. The zero-order chi connectivity index (χ0) is 38.3. The van der Waals surface area contributed by atoms with Crippen molar-refractivity contribution in [3.8, 4) is 45.0 Å². The van der Waals surface area contributed by atoms with E-state index in [-0.39, 0.29) is 5.41 Å². The molecule has 1 aliphatic rings. The van der Waals surface area contributed by atoms with E-state index in [4.69, 9.17) is 19.4 Å². The van der Waals surface area contributed by atoms with Crippen molar-refractivity contribution in [1.29, 1.82) is 0 Å². The Morgan fingerprint density at radius 1 is 0.596 bits per heavy atom. The van der Waals surface area contributed by atoms with Gasteiger partial charge in [-0.15, -0.1) is 0 Å². The Hall–Kier alpha value is -6.91. The largest absolute Gasteiger partial charge is 0.455 e. The molecule has 0 saturated carbocycles. The number of fused-ring (bicyclic) bond motifs is 5. The van der Waals surface area contributed by atoms with Crippen molar-refractivity contribution in [2.45, 2.75) is 33.1 Å². The first kappa shape index (κ1) is 34.6. The molecule has 0 amide bonds. The molecule has 4 heteroatoms. The van der Waals surface area contributed by atoms with E-state index >= 15 is 0 Å². The molecule has 1 aliphatic carbocycles. The van der Waals surface area contributed by atoms with E-state index in [9.17, 15) is 0 Å². The van der Waals surface area contributed by atoms with Gasteiger partial charge in [-0.2, -0.15) is 0 Å². The van der Waals surface area contributed by atoms with Crippen LogP contribution in [0.15, 0.2) is 180 Å². The number of nitrogens with zero attached hydrogens (tertiary/aromatic N) is 3. The summed E-state index contributed by atoms with van der Waals surface area (Å²) in [6, 6.07) is 51.2. The molecule has 10 rings (SSSR count). The monoisotopic (exact) mass is 735 g/mol. The summed E-state index contributed by atoms with van der Waals surface area (Å²) in [5, 5.41) is 6.87. The lowest BCUT2D eigenvalue weighted by molar-refractivity contribution is 0.555. The molecule has 2 aromatic heterocycles. The summed E-state index contributed by atoms with van der Waals surface area (Å²) in [7, 11) is 0. The van der Waals surface area contributed by atoms with Gasteiger partial charge in [0.2, 0.25) is 0 Å². The van der Waals surface area contributed by atoms with E-state index in [1.165, 1.54) is 27.1 Å². The van der Waals surface area contributed by atoms with Gasteiger partial charge >= 0.3 is 0 Å². The van der Waals surface area contributed by atoms with Gasteiger partial charge in [0.15, 0.2) is 17.5 Å². The van der Waals surface area contributed by atoms with Crippen LogP contribution in [-0.2, 0) is 0 Å². The molecule has 0 aliphatic heterocycles. The maximum absolute atomic E-state index is 6.76. The lowest BCUT2D eigenvalue weighted by Gasteiger charge is -2.24. The summed E-state index contributed by atoms with van der Waals surface area (Å²) in [5.74, 6) is 1.90. The van der Waals surface area contributed by atoms with Crippen molar-refractivity contribution < 1.29 is 4.42 Å². The van der Waals surface area contributed by atoms with E-state index < -0.39 is 0 Å². The lowest BCUT2D eigenvalue weighted by atomic mass is 9.81. The average molecular weight is 736 g/mol. The fourth-order valence-electron chi connectivity index (χ4n) is 8.20. The third kappa shape index (κ3) is 6.43. The van der Waals surface area contributed by atoms with Crippen LogP contribution in [0.2, 0.25) is 0 Å². The molecule has 1 unspecified atom stereocenters. The highest BCUT2D eigenvalue weighted by Crippen LogP contribution is 2.42. The fourth-order valence-corrected chi connectivity index (χ4v) is 8.20. The van der Waals surface area contributed by atoms with Crippen LogP contribution in [0, 0.1) is 5.41 Å². The molecule has 0 saturated heterocycles. The molecular weight excluding hydrogens is 695 g/mol. The molecule has 0 radical (unpaired) electrons. The van der Waals surface area contributed by atoms with Gasteiger partial charge in [-0.25, -0.2) is 15.0 Å². The van der Waals surface area contributed by atoms with Crippen LogP contribution in [0.4, 0.5) is 0 Å². The molecule has 0 spiro atoms. The van der Waals surface area contributed by atoms with Crippen LogP contribution in [-0.4, -0.2) is 15.0 Å². The average Bonchev–Trinajstić information content (AvgIpc) is 3.66. The second-order valence-electron chi connectivity index (χ2n) is 15.3. The van der Waals surface area contributed by atoms with E-state index in [0.717, 1.165) is 74.6 Å². The maximum atomic E-state index is 6.76. The van der Waals surface area contributed by atoms with Crippen molar-refractivity contribution in [2.24, 2.45) is 5.41 Å².